The number of anilines is 1. The molecule has 6 nitrogen and oxygen atoms in total. The van der Waals surface area contributed by atoms with Crippen LogP contribution in [0.1, 0.15) is 6.92 Å². The van der Waals surface area contributed by atoms with Crippen molar-refractivity contribution >= 4 is 11.6 Å². The lowest BCUT2D eigenvalue weighted by Gasteiger charge is -1.99. The molecule has 0 radical (unpaired) electrons. The van der Waals surface area contributed by atoms with Crippen molar-refractivity contribution in [2.45, 2.75) is 6.92 Å². The molecule has 0 fully saturated rings. The number of nitrogens with zero attached hydrogens (tertiary/aromatic N) is 4. The van der Waals surface area contributed by atoms with Gasteiger partial charge in [-0.1, -0.05) is 18.2 Å². The Morgan fingerprint density at radius 1 is 1.00 bits per heavy atom. The largest absolute Gasteiger partial charge is 0.324 e. The van der Waals surface area contributed by atoms with Crippen molar-refractivity contribution in [3.63, 3.8) is 0 Å². The Balaban J connectivity index is 1.87. The van der Waals surface area contributed by atoms with E-state index < -0.39 is 0 Å². The molecule has 20 heavy (non-hydrogen) atoms. The number of hydrogen-bond acceptors (Lipinski definition) is 3. The highest BCUT2D eigenvalue weighted by molar-refractivity contribution is 5.88. The molecule has 2 aromatic heterocycles. The molecule has 1 N–H and O–H groups in total. The van der Waals surface area contributed by atoms with E-state index in [2.05, 4.69) is 15.5 Å². The minimum Gasteiger partial charge on any atom is -0.324 e. The zero-order chi connectivity index (χ0) is 13.9. The Labute approximate surface area is 115 Å². The van der Waals surface area contributed by atoms with Crippen LogP contribution in [-0.4, -0.2) is 25.5 Å². The lowest BCUT2D eigenvalue weighted by Crippen LogP contribution is -2.04. The minimum absolute atomic E-state index is 0.121. The Morgan fingerprint density at radius 3 is 2.45 bits per heavy atom. The van der Waals surface area contributed by atoms with Crippen LogP contribution in [0.15, 0.2) is 55.1 Å². The Bertz CT molecular complexity index is 729. The van der Waals surface area contributed by atoms with Crippen molar-refractivity contribution in [2.24, 2.45) is 0 Å². The molecule has 0 atom stereocenters. The maximum Gasteiger partial charge on any atom is 0.221 e. The summed E-state index contributed by atoms with van der Waals surface area (Å²) in [5, 5.41) is 11.2. The topological polar surface area (TPSA) is 64.7 Å². The summed E-state index contributed by atoms with van der Waals surface area (Å²) < 4.78 is 3.44. The number of carbonyl (C=O) groups is 1. The molecule has 0 spiro atoms. The molecular weight excluding hydrogens is 254 g/mol. The van der Waals surface area contributed by atoms with Crippen LogP contribution >= 0.6 is 0 Å². The van der Waals surface area contributed by atoms with Crippen LogP contribution in [0.2, 0.25) is 0 Å². The number of rotatable bonds is 3. The number of nitrogens with one attached hydrogen (secondary N) is 1. The third kappa shape index (κ3) is 2.44. The second kappa shape index (κ2) is 5.00. The average Bonchev–Trinajstić information content (AvgIpc) is 3.07. The third-order valence-electron chi connectivity index (χ3n) is 2.76. The Hall–Kier alpha value is -2.89. The van der Waals surface area contributed by atoms with E-state index in [1.165, 1.54) is 6.92 Å². The summed E-state index contributed by atoms with van der Waals surface area (Å²) in [5.41, 5.74) is 2.46. The van der Waals surface area contributed by atoms with Crippen molar-refractivity contribution < 1.29 is 4.79 Å². The first-order valence-corrected chi connectivity index (χ1v) is 6.15. The number of aromatic nitrogens is 4. The zero-order valence-corrected chi connectivity index (χ0v) is 10.9. The summed E-state index contributed by atoms with van der Waals surface area (Å²) in [5.74, 6) is -0.121. The molecule has 0 saturated carbocycles. The van der Waals surface area contributed by atoms with E-state index in [0.29, 0.717) is 5.69 Å². The third-order valence-corrected chi connectivity index (χ3v) is 2.76. The van der Waals surface area contributed by atoms with Gasteiger partial charge in [-0.25, -0.2) is 9.36 Å². The molecule has 0 bridgehead atoms. The smallest absolute Gasteiger partial charge is 0.221 e. The van der Waals surface area contributed by atoms with Crippen molar-refractivity contribution in [3.8, 4) is 11.4 Å². The summed E-state index contributed by atoms with van der Waals surface area (Å²) in [7, 11) is 0. The fourth-order valence-corrected chi connectivity index (χ4v) is 1.89. The molecule has 0 unspecified atom stereocenters. The lowest BCUT2D eigenvalue weighted by molar-refractivity contribution is -0.114. The molecule has 2 heterocycles. The van der Waals surface area contributed by atoms with Crippen molar-refractivity contribution in [1.82, 2.24) is 19.6 Å². The van der Waals surface area contributed by atoms with E-state index in [4.69, 9.17) is 0 Å². The molecule has 3 rings (SSSR count). The van der Waals surface area contributed by atoms with Crippen molar-refractivity contribution in [2.75, 3.05) is 5.32 Å². The predicted molar refractivity (Wildman–Crippen MR) is 75.0 cm³/mol. The quantitative estimate of drug-likeness (QED) is 0.789. The van der Waals surface area contributed by atoms with Crippen LogP contribution in [0.5, 0.6) is 0 Å². The number of carbonyl (C=O) groups excluding carboxylic acids is 1. The van der Waals surface area contributed by atoms with Gasteiger partial charge in [0.15, 0.2) is 0 Å². The number of para-hydroxylation sites is 1. The van der Waals surface area contributed by atoms with Gasteiger partial charge in [0.05, 0.1) is 36.2 Å². The van der Waals surface area contributed by atoms with Gasteiger partial charge in [0.2, 0.25) is 5.91 Å². The van der Waals surface area contributed by atoms with Gasteiger partial charge in [0.25, 0.3) is 0 Å². The fraction of sp³-hybridized carbons (Fsp3) is 0.0714. The van der Waals surface area contributed by atoms with E-state index in [1.54, 1.807) is 28.0 Å². The lowest BCUT2D eigenvalue weighted by atomic mass is 10.3. The summed E-state index contributed by atoms with van der Waals surface area (Å²) in [6, 6.07) is 9.82. The Kier molecular flexibility index (Phi) is 3.04. The van der Waals surface area contributed by atoms with Crippen molar-refractivity contribution in [1.29, 1.82) is 0 Å². The molecule has 0 aliphatic rings. The van der Waals surface area contributed by atoms with Crippen molar-refractivity contribution in [3.05, 3.63) is 55.1 Å². The molecule has 6 heteroatoms. The van der Waals surface area contributed by atoms with Gasteiger partial charge in [-0.15, -0.1) is 0 Å². The fourth-order valence-electron chi connectivity index (χ4n) is 1.89. The van der Waals surface area contributed by atoms with E-state index >= 15 is 0 Å². The second-order valence-corrected chi connectivity index (χ2v) is 4.33. The highest BCUT2D eigenvalue weighted by Gasteiger charge is 2.05. The first-order valence-electron chi connectivity index (χ1n) is 6.15. The minimum atomic E-state index is -0.121. The van der Waals surface area contributed by atoms with Gasteiger partial charge < -0.3 is 5.32 Å². The predicted octanol–water partition coefficient (Wildman–Crippen LogP) is 2.02. The standard InChI is InChI=1S/C14H13N5O/c1-11(20)17-12-7-15-18(9-12)14-8-16-19(10-14)13-5-3-2-4-6-13/h2-10H,1H3,(H,17,20). The van der Waals surface area contributed by atoms with E-state index in [-0.39, 0.29) is 5.91 Å². The first-order chi connectivity index (χ1) is 9.72. The molecule has 0 aliphatic heterocycles. The summed E-state index contributed by atoms with van der Waals surface area (Å²) >= 11 is 0. The van der Waals surface area contributed by atoms with Gasteiger partial charge in [0.1, 0.15) is 5.69 Å². The average molecular weight is 267 g/mol. The summed E-state index contributed by atoms with van der Waals surface area (Å²) in [6.45, 7) is 1.46. The van der Waals surface area contributed by atoms with E-state index in [1.807, 2.05) is 36.5 Å². The molecule has 0 aliphatic carbocycles. The second-order valence-electron chi connectivity index (χ2n) is 4.33. The highest BCUT2D eigenvalue weighted by Crippen LogP contribution is 2.13. The SMILES string of the molecule is CC(=O)Nc1cnn(-c2cnn(-c3ccccc3)c2)c1. The number of hydrogen-bond donors (Lipinski definition) is 1. The van der Waals surface area contributed by atoms with Gasteiger partial charge in [-0.3, -0.25) is 4.79 Å². The van der Waals surface area contributed by atoms with Gasteiger partial charge in [0, 0.05) is 6.92 Å². The highest BCUT2D eigenvalue weighted by atomic mass is 16.1. The van der Waals surface area contributed by atoms with Crippen LogP contribution in [-0.2, 0) is 4.79 Å². The van der Waals surface area contributed by atoms with Crippen LogP contribution in [0, 0.1) is 0 Å². The maximum absolute atomic E-state index is 11.0. The number of benzene rings is 1. The maximum atomic E-state index is 11.0. The molecule has 0 saturated heterocycles. The van der Waals surface area contributed by atoms with Crippen LogP contribution in [0.3, 0.4) is 0 Å². The van der Waals surface area contributed by atoms with Gasteiger partial charge in [-0.05, 0) is 12.1 Å². The van der Waals surface area contributed by atoms with E-state index in [9.17, 15) is 4.79 Å². The molecule has 100 valence electrons. The number of amides is 1. The monoisotopic (exact) mass is 267 g/mol. The molecule has 1 aromatic carbocycles. The summed E-state index contributed by atoms with van der Waals surface area (Å²) in [6.07, 6.45) is 6.94. The summed E-state index contributed by atoms with van der Waals surface area (Å²) in [4.78, 5) is 11.0. The van der Waals surface area contributed by atoms with Gasteiger partial charge >= 0.3 is 0 Å². The van der Waals surface area contributed by atoms with Crippen LogP contribution in [0.4, 0.5) is 5.69 Å². The normalized spacial score (nSPS) is 10.4. The first kappa shape index (κ1) is 12.2. The van der Waals surface area contributed by atoms with E-state index in [0.717, 1.165) is 11.4 Å². The van der Waals surface area contributed by atoms with Gasteiger partial charge in [-0.2, -0.15) is 10.2 Å². The van der Waals surface area contributed by atoms with Crippen LogP contribution < -0.4 is 5.32 Å². The van der Waals surface area contributed by atoms with Crippen LogP contribution in [0.25, 0.3) is 11.4 Å². The zero-order valence-electron chi connectivity index (χ0n) is 10.9. The molecular formula is C14H13N5O. The molecule has 1 amide bonds. The molecule has 3 aromatic rings. The Morgan fingerprint density at radius 2 is 1.70 bits per heavy atom.